The Labute approximate surface area is 150 Å². The van der Waals surface area contributed by atoms with Gasteiger partial charge in [-0.05, 0) is 55.4 Å². The maximum atomic E-state index is 4.65. The van der Waals surface area contributed by atoms with Gasteiger partial charge < -0.3 is 0 Å². The fourth-order valence-electron chi connectivity index (χ4n) is 4.72. The second-order valence-corrected chi connectivity index (χ2v) is 7.38. The summed E-state index contributed by atoms with van der Waals surface area (Å²) in [5.41, 5.74) is 3.46. The summed E-state index contributed by atoms with van der Waals surface area (Å²) in [4.78, 5) is 0. The molecule has 0 nitrogen and oxygen atoms in total. The molecule has 0 spiro atoms. The van der Waals surface area contributed by atoms with Crippen molar-refractivity contribution in [2.24, 2.45) is 17.8 Å². The summed E-state index contributed by atoms with van der Waals surface area (Å²) >= 11 is 0. The highest BCUT2D eigenvalue weighted by Gasteiger charge is 2.52. The van der Waals surface area contributed by atoms with Crippen molar-refractivity contribution in [3.63, 3.8) is 0 Å². The summed E-state index contributed by atoms with van der Waals surface area (Å²) in [6, 6.07) is 11.3. The molecule has 0 saturated heterocycles. The van der Waals surface area contributed by atoms with E-state index < -0.39 is 0 Å². The van der Waals surface area contributed by atoms with Crippen molar-refractivity contribution in [2.45, 2.75) is 84.5 Å². The molecule has 1 aromatic carbocycles. The van der Waals surface area contributed by atoms with Crippen molar-refractivity contribution in [3.05, 3.63) is 48.0 Å². The van der Waals surface area contributed by atoms with Crippen molar-refractivity contribution in [3.8, 4) is 0 Å². The van der Waals surface area contributed by atoms with Gasteiger partial charge in [0.2, 0.25) is 0 Å². The lowest BCUT2D eigenvalue weighted by Crippen LogP contribution is -2.32. The van der Waals surface area contributed by atoms with Crippen LogP contribution < -0.4 is 0 Å². The van der Waals surface area contributed by atoms with Crippen molar-refractivity contribution < 1.29 is 0 Å². The Balaban J connectivity index is 0.000000487. The minimum absolute atomic E-state index is 0.313. The van der Waals surface area contributed by atoms with Gasteiger partial charge in [0.1, 0.15) is 0 Å². The highest BCUT2D eigenvalue weighted by atomic mass is 14.6. The molecule has 134 valence electrons. The van der Waals surface area contributed by atoms with Crippen LogP contribution >= 0.6 is 0 Å². The third-order valence-corrected chi connectivity index (χ3v) is 6.16. The number of benzene rings is 1. The second-order valence-electron chi connectivity index (χ2n) is 7.38. The highest BCUT2D eigenvalue weighted by molar-refractivity contribution is 5.39. The zero-order chi connectivity index (χ0) is 17.6. The molecule has 3 aliphatic rings. The Hall–Kier alpha value is -1.04. The van der Waals surface area contributed by atoms with Crippen LogP contribution in [-0.2, 0) is 5.41 Å². The van der Waals surface area contributed by atoms with Gasteiger partial charge in [-0.25, -0.2) is 0 Å². The number of allylic oxidation sites excluding steroid dienone is 1. The quantitative estimate of drug-likeness (QED) is 0.501. The van der Waals surface area contributed by atoms with E-state index >= 15 is 0 Å². The molecule has 0 N–H and O–H groups in total. The first-order valence-electron chi connectivity index (χ1n) is 10.6. The van der Waals surface area contributed by atoms with Gasteiger partial charge in [0.15, 0.2) is 0 Å². The van der Waals surface area contributed by atoms with Gasteiger partial charge in [-0.1, -0.05) is 89.4 Å². The smallest absolute Gasteiger partial charge is 0.0162 e. The molecular formula is C24H38. The van der Waals surface area contributed by atoms with E-state index in [1.165, 1.54) is 51.4 Å². The lowest BCUT2D eigenvalue weighted by atomic mass is 9.64. The normalized spacial score (nSPS) is 27.0. The molecule has 3 aliphatic carbocycles. The molecule has 0 heteroatoms. The second kappa shape index (κ2) is 8.88. The zero-order valence-electron chi connectivity index (χ0n) is 16.5. The molecule has 0 heterocycles. The highest BCUT2D eigenvalue weighted by Crippen LogP contribution is 2.61. The van der Waals surface area contributed by atoms with E-state index in [4.69, 9.17) is 0 Å². The topological polar surface area (TPSA) is 0 Å². The Kier molecular flexibility index (Phi) is 7.14. The van der Waals surface area contributed by atoms with Crippen LogP contribution in [-0.4, -0.2) is 0 Å². The maximum absolute atomic E-state index is 4.65. The average Bonchev–Trinajstić information content (AvgIpc) is 3.58. The molecule has 2 unspecified atom stereocenters. The van der Waals surface area contributed by atoms with E-state index in [2.05, 4.69) is 36.9 Å². The monoisotopic (exact) mass is 326 g/mol. The third-order valence-electron chi connectivity index (χ3n) is 6.16. The molecule has 1 aromatic rings. The lowest BCUT2D eigenvalue weighted by molar-refractivity contribution is 0.326. The van der Waals surface area contributed by atoms with Crippen molar-refractivity contribution in [2.75, 3.05) is 0 Å². The summed E-state index contributed by atoms with van der Waals surface area (Å²) in [5, 5.41) is 0. The fraction of sp³-hybridized carbons (Fsp3) is 0.667. The molecule has 0 radical (unpaired) electrons. The van der Waals surface area contributed by atoms with Crippen LogP contribution in [0, 0.1) is 17.8 Å². The molecule has 0 amide bonds. The predicted octanol–water partition coefficient (Wildman–Crippen LogP) is 7.54. The van der Waals surface area contributed by atoms with Crippen molar-refractivity contribution in [1.82, 2.24) is 0 Å². The van der Waals surface area contributed by atoms with Crippen LogP contribution in [0.25, 0.3) is 0 Å². The van der Waals surface area contributed by atoms with Gasteiger partial charge in [0.05, 0.1) is 0 Å². The van der Waals surface area contributed by atoms with Gasteiger partial charge in [-0.15, -0.1) is 0 Å². The molecule has 0 aliphatic heterocycles. The van der Waals surface area contributed by atoms with E-state index in [9.17, 15) is 0 Å². The third kappa shape index (κ3) is 3.95. The molecular weight excluding hydrogens is 288 g/mol. The lowest BCUT2D eigenvalue weighted by Gasteiger charge is -2.40. The van der Waals surface area contributed by atoms with Crippen molar-refractivity contribution in [1.29, 1.82) is 0 Å². The first-order valence-corrected chi connectivity index (χ1v) is 10.6. The first kappa shape index (κ1) is 19.3. The van der Waals surface area contributed by atoms with E-state index in [1.54, 1.807) is 11.1 Å². The SMILES string of the molecule is C=C(C1CC1C1CC1)C1(c2ccccc2)CCCCC1.CC.CC. The van der Waals surface area contributed by atoms with E-state index in [1.807, 2.05) is 27.7 Å². The summed E-state index contributed by atoms with van der Waals surface area (Å²) in [5.74, 6) is 2.92. The van der Waals surface area contributed by atoms with Crippen LogP contribution in [0.4, 0.5) is 0 Å². The molecule has 24 heavy (non-hydrogen) atoms. The van der Waals surface area contributed by atoms with E-state index in [0.29, 0.717) is 5.41 Å². The van der Waals surface area contributed by atoms with Gasteiger partial charge in [0, 0.05) is 5.41 Å². The number of hydrogen-bond donors (Lipinski definition) is 0. The summed E-state index contributed by atoms with van der Waals surface area (Å²) < 4.78 is 0. The summed E-state index contributed by atoms with van der Waals surface area (Å²) in [7, 11) is 0. The molecule has 4 rings (SSSR count). The fourth-order valence-corrected chi connectivity index (χ4v) is 4.72. The maximum Gasteiger partial charge on any atom is 0.0162 e. The van der Waals surface area contributed by atoms with Gasteiger partial charge in [-0.3, -0.25) is 0 Å². The average molecular weight is 327 g/mol. The Morgan fingerprint density at radius 3 is 2.04 bits per heavy atom. The van der Waals surface area contributed by atoms with Crippen LogP contribution in [0.15, 0.2) is 42.5 Å². The minimum atomic E-state index is 0.313. The molecule has 2 atom stereocenters. The Morgan fingerprint density at radius 1 is 0.917 bits per heavy atom. The number of rotatable bonds is 4. The van der Waals surface area contributed by atoms with Gasteiger partial charge in [-0.2, -0.15) is 0 Å². The molecule has 0 bridgehead atoms. The Bertz CT molecular complexity index is 488. The van der Waals surface area contributed by atoms with Crippen LogP contribution in [0.3, 0.4) is 0 Å². The molecule has 3 fully saturated rings. The summed E-state index contributed by atoms with van der Waals surface area (Å²) in [6.45, 7) is 12.6. The van der Waals surface area contributed by atoms with Crippen LogP contribution in [0.5, 0.6) is 0 Å². The van der Waals surface area contributed by atoms with Crippen molar-refractivity contribution >= 4 is 0 Å². The van der Waals surface area contributed by atoms with Crippen LogP contribution in [0.1, 0.15) is 84.6 Å². The minimum Gasteiger partial charge on any atom is -0.0987 e. The van der Waals surface area contributed by atoms with E-state index in [-0.39, 0.29) is 0 Å². The summed E-state index contributed by atoms with van der Waals surface area (Å²) in [6.07, 6.45) is 11.3. The Morgan fingerprint density at radius 2 is 1.50 bits per heavy atom. The largest absolute Gasteiger partial charge is 0.0987 e. The molecule has 3 saturated carbocycles. The van der Waals surface area contributed by atoms with Crippen LogP contribution in [0.2, 0.25) is 0 Å². The van der Waals surface area contributed by atoms with Gasteiger partial charge >= 0.3 is 0 Å². The zero-order valence-corrected chi connectivity index (χ0v) is 16.5. The number of hydrogen-bond acceptors (Lipinski definition) is 0. The van der Waals surface area contributed by atoms with E-state index in [0.717, 1.165) is 17.8 Å². The standard InChI is InChI=1S/C20H26.2C2H6/c1-15(18-14-19(18)16-10-11-16)20(12-6-3-7-13-20)17-8-4-2-5-9-17;2*1-2/h2,4-5,8-9,16,18-19H,1,3,6-7,10-14H2;2*1-2H3. The first-order chi connectivity index (χ1) is 11.8. The van der Waals surface area contributed by atoms with Gasteiger partial charge in [0.25, 0.3) is 0 Å². The molecule has 0 aromatic heterocycles. The predicted molar refractivity (Wildman–Crippen MR) is 107 cm³/mol.